The molecule has 8 heteroatoms. The minimum absolute atomic E-state index is 0.000808. The molecule has 0 saturated heterocycles. The summed E-state index contributed by atoms with van der Waals surface area (Å²) in [4.78, 5) is 37.0. The molecule has 1 aliphatic rings. The molecule has 0 radical (unpaired) electrons. The van der Waals surface area contributed by atoms with Crippen LogP contribution in [0.2, 0.25) is 0 Å². The molecule has 1 N–H and O–H groups in total. The van der Waals surface area contributed by atoms with E-state index in [0.717, 1.165) is 0 Å². The lowest BCUT2D eigenvalue weighted by molar-refractivity contribution is -0.385. The van der Waals surface area contributed by atoms with Crippen molar-refractivity contribution in [2.75, 3.05) is 16.8 Å². The Hall–Kier alpha value is -3.42. The molecule has 0 saturated carbocycles. The van der Waals surface area contributed by atoms with E-state index in [1.54, 1.807) is 30.0 Å². The number of carbonyl (C=O) groups excluding carboxylic acids is 2. The first-order valence-electron chi connectivity index (χ1n) is 9.02. The summed E-state index contributed by atoms with van der Waals surface area (Å²) in [6, 6.07) is 11.6. The maximum absolute atomic E-state index is 12.6. The third-order valence-corrected chi connectivity index (χ3v) is 4.58. The predicted octanol–water partition coefficient (Wildman–Crippen LogP) is 3.44. The van der Waals surface area contributed by atoms with Crippen LogP contribution in [-0.2, 0) is 9.59 Å². The van der Waals surface area contributed by atoms with Gasteiger partial charge < -0.3 is 15.0 Å². The Bertz CT molecular complexity index is 928. The number of rotatable bonds is 6. The molecule has 0 fully saturated rings. The summed E-state index contributed by atoms with van der Waals surface area (Å²) in [5.41, 5.74) is 1.59. The first-order chi connectivity index (χ1) is 13.4. The van der Waals surface area contributed by atoms with E-state index in [0.29, 0.717) is 29.1 Å². The normalized spacial score (nSPS) is 15.6. The second-order valence-electron chi connectivity index (χ2n) is 6.53. The van der Waals surface area contributed by atoms with Gasteiger partial charge in [0.15, 0.2) is 6.10 Å². The summed E-state index contributed by atoms with van der Waals surface area (Å²) in [6.07, 6.45) is 0.0695. The summed E-state index contributed by atoms with van der Waals surface area (Å²) in [5, 5.41) is 13.6. The van der Waals surface area contributed by atoms with Crippen molar-refractivity contribution in [3.05, 3.63) is 58.1 Å². The third-order valence-electron chi connectivity index (χ3n) is 4.58. The van der Waals surface area contributed by atoms with Gasteiger partial charge in [-0.3, -0.25) is 19.7 Å². The molecule has 1 aliphatic heterocycles. The summed E-state index contributed by atoms with van der Waals surface area (Å²) in [6.45, 7) is 3.70. The van der Waals surface area contributed by atoms with E-state index >= 15 is 0 Å². The molecule has 0 bridgehead atoms. The molecular weight excluding hydrogens is 362 g/mol. The van der Waals surface area contributed by atoms with Crippen LogP contribution in [0.4, 0.5) is 17.1 Å². The number of aryl methyl sites for hydroxylation is 1. The van der Waals surface area contributed by atoms with Crippen molar-refractivity contribution < 1.29 is 19.2 Å². The summed E-state index contributed by atoms with van der Waals surface area (Å²) < 4.78 is 5.72. The lowest BCUT2D eigenvalue weighted by Crippen LogP contribution is -2.46. The van der Waals surface area contributed by atoms with E-state index in [1.807, 2.05) is 19.1 Å². The largest absolute Gasteiger partial charge is 0.478 e. The maximum Gasteiger partial charge on any atom is 0.272 e. The van der Waals surface area contributed by atoms with Gasteiger partial charge in [-0.15, -0.1) is 0 Å². The second kappa shape index (κ2) is 8.08. The Morgan fingerprint density at radius 2 is 2.04 bits per heavy atom. The molecule has 2 aromatic rings. The third kappa shape index (κ3) is 3.95. The predicted molar refractivity (Wildman–Crippen MR) is 105 cm³/mol. The number of nitrogens with one attached hydrogen (secondary N) is 1. The molecule has 0 aliphatic carbocycles. The van der Waals surface area contributed by atoms with Gasteiger partial charge >= 0.3 is 0 Å². The number of carbonyl (C=O) groups is 2. The number of para-hydroxylation sites is 2. The highest BCUT2D eigenvalue weighted by Crippen LogP contribution is 2.34. The molecular formula is C20H21N3O5. The van der Waals surface area contributed by atoms with E-state index in [-0.39, 0.29) is 30.5 Å². The van der Waals surface area contributed by atoms with Gasteiger partial charge in [-0.05, 0) is 37.6 Å². The summed E-state index contributed by atoms with van der Waals surface area (Å²) in [5.74, 6) is 0.179. The van der Waals surface area contributed by atoms with Gasteiger partial charge in [-0.1, -0.05) is 19.1 Å². The highest BCUT2D eigenvalue weighted by Gasteiger charge is 2.33. The van der Waals surface area contributed by atoms with Crippen molar-refractivity contribution in [3.8, 4) is 5.75 Å². The molecule has 2 aromatic carbocycles. The van der Waals surface area contributed by atoms with Crippen LogP contribution in [0.25, 0.3) is 0 Å². The van der Waals surface area contributed by atoms with Crippen molar-refractivity contribution in [1.82, 2.24) is 0 Å². The maximum atomic E-state index is 12.6. The standard InChI is InChI=1S/C20H21N3O5/c1-3-17-20(25)22(16-6-4-5-7-18(16)28-17)11-10-19(24)21-14-8-9-15(23(26)27)13(2)12-14/h4-9,12,17H,3,10-11H2,1-2H3,(H,21,24). The van der Waals surface area contributed by atoms with Crippen LogP contribution >= 0.6 is 0 Å². The Morgan fingerprint density at radius 1 is 1.29 bits per heavy atom. The summed E-state index contributed by atoms with van der Waals surface area (Å²) in [7, 11) is 0. The van der Waals surface area contributed by atoms with Crippen molar-refractivity contribution in [2.24, 2.45) is 0 Å². The van der Waals surface area contributed by atoms with E-state index in [4.69, 9.17) is 4.74 Å². The van der Waals surface area contributed by atoms with Gasteiger partial charge in [0, 0.05) is 30.3 Å². The van der Waals surface area contributed by atoms with E-state index < -0.39 is 11.0 Å². The number of ether oxygens (including phenoxy) is 1. The fraction of sp³-hybridized carbons (Fsp3) is 0.300. The molecule has 2 amide bonds. The first-order valence-corrected chi connectivity index (χ1v) is 9.02. The lowest BCUT2D eigenvalue weighted by Gasteiger charge is -2.33. The number of nitro groups is 1. The van der Waals surface area contributed by atoms with E-state index in [9.17, 15) is 19.7 Å². The fourth-order valence-electron chi connectivity index (χ4n) is 3.14. The number of nitrogens with zero attached hydrogens (tertiary/aromatic N) is 2. The van der Waals surface area contributed by atoms with Crippen LogP contribution < -0.4 is 15.0 Å². The number of hydrogen-bond acceptors (Lipinski definition) is 5. The quantitative estimate of drug-likeness (QED) is 0.608. The smallest absolute Gasteiger partial charge is 0.272 e. The molecule has 146 valence electrons. The highest BCUT2D eigenvalue weighted by molar-refractivity contribution is 6.01. The monoisotopic (exact) mass is 383 g/mol. The van der Waals surface area contributed by atoms with Crippen LogP contribution in [0.1, 0.15) is 25.3 Å². The number of hydrogen-bond donors (Lipinski definition) is 1. The molecule has 8 nitrogen and oxygen atoms in total. The van der Waals surface area contributed by atoms with Gasteiger partial charge in [0.05, 0.1) is 10.6 Å². The van der Waals surface area contributed by atoms with Crippen LogP contribution in [0.5, 0.6) is 5.75 Å². The Labute approximate surface area is 162 Å². The zero-order valence-electron chi connectivity index (χ0n) is 15.7. The molecule has 1 heterocycles. The SMILES string of the molecule is CCC1Oc2ccccc2N(CCC(=O)Nc2ccc([N+](=O)[O-])c(C)c2)C1=O. The molecule has 1 atom stereocenters. The van der Waals surface area contributed by atoms with Crippen molar-refractivity contribution in [1.29, 1.82) is 0 Å². The van der Waals surface area contributed by atoms with Crippen LogP contribution in [-0.4, -0.2) is 29.4 Å². The average molecular weight is 383 g/mol. The van der Waals surface area contributed by atoms with Crippen molar-refractivity contribution in [2.45, 2.75) is 32.8 Å². The highest BCUT2D eigenvalue weighted by atomic mass is 16.6. The molecule has 0 spiro atoms. The Balaban J connectivity index is 1.68. The van der Waals surface area contributed by atoms with Crippen LogP contribution in [0, 0.1) is 17.0 Å². The van der Waals surface area contributed by atoms with Gasteiger partial charge in [-0.2, -0.15) is 0 Å². The van der Waals surface area contributed by atoms with Gasteiger partial charge in [0.25, 0.3) is 11.6 Å². The fourth-order valence-corrected chi connectivity index (χ4v) is 3.14. The Morgan fingerprint density at radius 3 is 2.71 bits per heavy atom. The van der Waals surface area contributed by atoms with Crippen LogP contribution in [0.3, 0.4) is 0 Å². The number of benzene rings is 2. The zero-order chi connectivity index (χ0) is 20.3. The number of anilines is 2. The van der Waals surface area contributed by atoms with E-state index in [1.165, 1.54) is 12.1 Å². The van der Waals surface area contributed by atoms with Crippen molar-refractivity contribution in [3.63, 3.8) is 0 Å². The average Bonchev–Trinajstić information content (AvgIpc) is 2.66. The minimum atomic E-state index is -0.560. The molecule has 3 rings (SSSR count). The zero-order valence-corrected chi connectivity index (χ0v) is 15.7. The summed E-state index contributed by atoms with van der Waals surface area (Å²) >= 11 is 0. The number of amides is 2. The number of fused-ring (bicyclic) bond motifs is 1. The molecule has 0 aromatic heterocycles. The lowest BCUT2D eigenvalue weighted by atomic mass is 10.1. The topological polar surface area (TPSA) is 102 Å². The second-order valence-corrected chi connectivity index (χ2v) is 6.53. The van der Waals surface area contributed by atoms with Gasteiger partial charge in [0.1, 0.15) is 5.75 Å². The van der Waals surface area contributed by atoms with Gasteiger partial charge in [-0.25, -0.2) is 0 Å². The van der Waals surface area contributed by atoms with E-state index in [2.05, 4.69) is 5.32 Å². The minimum Gasteiger partial charge on any atom is -0.478 e. The first kappa shape index (κ1) is 19.3. The van der Waals surface area contributed by atoms with Gasteiger partial charge in [0.2, 0.25) is 5.91 Å². The number of nitro benzene ring substituents is 1. The molecule has 1 unspecified atom stereocenters. The Kier molecular flexibility index (Phi) is 5.58. The molecule has 28 heavy (non-hydrogen) atoms. The van der Waals surface area contributed by atoms with Crippen molar-refractivity contribution >= 4 is 28.9 Å². The van der Waals surface area contributed by atoms with Crippen LogP contribution in [0.15, 0.2) is 42.5 Å².